The van der Waals surface area contributed by atoms with Crippen molar-refractivity contribution in [2.45, 2.75) is 25.8 Å². The number of piperidine rings is 1. The van der Waals surface area contributed by atoms with Gasteiger partial charge in [0.2, 0.25) is 5.95 Å². The molecule has 3 heterocycles. The number of hydrogen-bond acceptors (Lipinski definition) is 4. The highest BCUT2D eigenvalue weighted by molar-refractivity contribution is 5.74. The normalized spacial score (nSPS) is 14.8. The molecule has 0 N–H and O–H groups in total. The minimum absolute atomic E-state index is 0.304. The molecule has 0 aliphatic carbocycles. The van der Waals surface area contributed by atoms with E-state index in [1.54, 1.807) is 7.05 Å². The van der Waals surface area contributed by atoms with E-state index in [1.807, 2.05) is 34.9 Å². The molecule has 2 aromatic carbocycles. The number of fused-ring (bicyclic) bond motifs is 1. The molecular weight excluding hydrogens is 414 g/mol. The monoisotopic (exact) mass is 443 g/mol. The summed E-state index contributed by atoms with van der Waals surface area (Å²) in [6.07, 6.45) is 3.23. The number of rotatable bonds is 5. The minimum atomic E-state index is -0.356. The van der Waals surface area contributed by atoms with E-state index in [2.05, 4.69) is 35.2 Å². The number of aryl methyl sites for hydroxylation is 1. The Bertz CT molecular complexity index is 1380. The third-order valence-corrected chi connectivity index (χ3v) is 6.78. The van der Waals surface area contributed by atoms with E-state index < -0.39 is 0 Å². The number of benzene rings is 2. The fourth-order valence-corrected chi connectivity index (χ4v) is 4.88. The first-order valence-corrected chi connectivity index (χ1v) is 11.5. The lowest BCUT2D eigenvalue weighted by atomic mass is 9.90. The van der Waals surface area contributed by atoms with Crippen LogP contribution in [-0.2, 0) is 27.1 Å². The average molecular weight is 444 g/mol. The first-order valence-electron chi connectivity index (χ1n) is 11.5. The lowest BCUT2D eigenvalue weighted by Crippen LogP contribution is -2.38. The van der Waals surface area contributed by atoms with Gasteiger partial charge in [-0.15, -0.1) is 0 Å². The zero-order chi connectivity index (χ0) is 22.9. The second kappa shape index (κ2) is 8.73. The summed E-state index contributed by atoms with van der Waals surface area (Å²) in [5.41, 5.74) is 2.73. The Balaban J connectivity index is 1.50. The van der Waals surface area contributed by atoms with Gasteiger partial charge in [-0.05, 0) is 36.3 Å². The van der Waals surface area contributed by atoms with Gasteiger partial charge in [-0.2, -0.15) is 4.98 Å². The van der Waals surface area contributed by atoms with E-state index in [0.717, 1.165) is 43.9 Å². The van der Waals surface area contributed by atoms with Crippen LogP contribution < -0.4 is 16.1 Å². The summed E-state index contributed by atoms with van der Waals surface area (Å²) in [5, 5.41) is 0. The molecule has 0 spiro atoms. The van der Waals surface area contributed by atoms with Crippen LogP contribution in [-0.4, -0.2) is 31.8 Å². The van der Waals surface area contributed by atoms with E-state index in [1.165, 1.54) is 21.7 Å². The quantitative estimate of drug-likeness (QED) is 0.476. The number of imidazole rings is 1. The summed E-state index contributed by atoms with van der Waals surface area (Å²) in [4.78, 5) is 32.8. The maximum absolute atomic E-state index is 13.1. The van der Waals surface area contributed by atoms with E-state index in [9.17, 15) is 9.59 Å². The van der Waals surface area contributed by atoms with Crippen LogP contribution in [0.1, 0.15) is 24.0 Å². The Morgan fingerprint density at radius 1 is 0.848 bits per heavy atom. The Hall–Kier alpha value is -3.61. The fourth-order valence-electron chi connectivity index (χ4n) is 4.88. The van der Waals surface area contributed by atoms with Crippen LogP contribution in [0.15, 0.2) is 70.3 Å². The molecule has 1 aliphatic heterocycles. The third-order valence-electron chi connectivity index (χ3n) is 6.78. The zero-order valence-electron chi connectivity index (χ0n) is 19.1. The largest absolute Gasteiger partial charge is 0.342 e. The van der Waals surface area contributed by atoms with Gasteiger partial charge in [-0.3, -0.25) is 18.5 Å². The molecule has 0 atom stereocenters. The summed E-state index contributed by atoms with van der Waals surface area (Å²) >= 11 is 0. The van der Waals surface area contributed by atoms with E-state index in [0.29, 0.717) is 23.6 Å². The van der Waals surface area contributed by atoms with Gasteiger partial charge in [-0.1, -0.05) is 60.7 Å². The van der Waals surface area contributed by atoms with Crippen molar-refractivity contribution in [2.24, 2.45) is 20.0 Å². The number of aromatic nitrogens is 4. The molecule has 1 fully saturated rings. The highest BCUT2D eigenvalue weighted by atomic mass is 16.2. The van der Waals surface area contributed by atoms with Gasteiger partial charge in [-0.25, -0.2) is 4.79 Å². The van der Waals surface area contributed by atoms with Crippen molar-refractivity contribution >= 4 is 17.1 Å². The molecule has 0 saturated carbocycles. The number of anilines is 1. The summed E-state index contributed by atoms with van der Waals surface area (Å²) in [6, 6.07) is 20.7. The Kier molecular flexibility index (Phi) is 5.62. The van der Waals surface area contributed by atoms with Crippen molar-refractivity contribution in [1.29, 1.82) is 0 Å². The van der Waals surface area contributed by atoms with Crippen molar-refractivity contribution in [3.8, 4) is 0 Å². The molecule has 4 aromatic rings. The zero-order valence-corrected chi connectivity index (χ0v) is 19.1. The van der Waals surface area contributed by atoms with Crippen molar-refractivity contribution in [3.63, 3.8) is 0 Å². The molecule has 0 radical (unpaired) electrons. The van der Waals surface area contributed by atoms with E-state index in [-0.39, 0.29) is 11.2 Å². The maximum atomic E-state index is 13.1. The summed E-state index contributed by atoms with van der Waals surface area (Å²) in [5.74, 6) is 1.40. The minimum Gasteiger partial charge on any atom is -0.342 e. The molecule has 33 heavy (non-hydrogen) atoms. The first-order chi connectivity index (χ1) is 16.0. The molecule has 7 nitrogen and oxygen atoms in total. The molecule has 0 amide bonds. The second-order valence-corrected chi connectivity index (χ2v) is 8.98. The van der Waals surface area contributed by atoms with Gasteiger partial charge in [0, 0.05) is 27.2 Å². The predicted molar refractivity (Wildman–Crippen MR) is 131 cm³/mol. The van der Waals surface area contributed by atoms with E-state index >= 15 is 0 Å². The van der Waals surface area contributed by atoms with Gasteiger partial charge < -0.3 is 4.90 Å². The topological polar surface area (TPSA) is 65.1 Å². The SMILES string of the molecule is Cn1c(=O)c2c(nc(N3CCC(Cc4ccccc4)CC3)n2Cc2ccccc2)n(C)c1=O. The molecule has 0 unspecified atom stereocenters. The fraction of sp³-hybridized carbons (Fsp3) is 0.346. The second-order valence-electron chi connectivity index (χ2n) is 8.98. The summed E-state index contributed by atoms with van der Waals surface area (Å²) < 4.78 is 4.63. The summed E-state index contributed by atoms with van der Waals surface area (Å²) in [7, 11) is 3.21. The van der Waals surface area contributed by atoms with Crippen LogP contribution in [0.25, 0.3) is 11.2 Å². The van der Waals surface area contributed by atoms with Gasteiger partial charge in [0.05, 0.1) is 6.54 Å². The highest BCUT2D eigenvalue weighted by Gasteiger charge is 2.26. The Morgan fingerprint density at radius 3 is 2.09 bits per heavy atom. The summed E-state index contributed by atoms with van der Waals surface area (Å²) in [6.45, 7) is 2.29. The molecular formula is C26H29N5O2. The van der Waals surface area contributed by atoms with Gasteiger partial charge in [0.25, 0.3) is 5.56 Å². The van der Waals surface area contributed by atoms with Crippen LogP contribution in [0.3, 0.4) is 0 Å². The number of hydrogen-bond donors (Lipinski definition) is 0. The van der Waals surface area contributed by atoms with Crippen molar-refractivity contribution in [1.82, 2.24) is 18.7 Å². The Labute approximate surface area is 192 Å². The molecule has 1 saturated heterocycles. The smallest absolute Gasteiger partial charge is 0.332 e. The van der Waals surface area contributed by atoms with Gasteiger partial charge in [0.1, 0.15) is 0 Å². The molecule has 2 aromatic heterocycles. The average Bonchev–Trinajstić information content (AvgIpc) is 3.22. The van der Waals surface area contributed by atoms with Gasteiger partial charge >= 0.3 is 5.69 Å². The van der Waals surface area contributed by atoms with Gasteiger partial charge in [0.15, 0.2) is 11.2 Å². The molecule has 5 rings (SSSR count). The predicted octanol–water partition coefficient (Wildman–Crippen LogP) is 2.94. The van der Waals surface area contributed by atoms with Crippen LogP contribution >= 0.6 is 0 Å². The van der Waals surface area contributed by atoms with Crippen molar-refractivity contribution in [3.05, 3.63) is 92.6 Å². The first kappa shape index (κ1) is 21.2. The third kappa shape index (κ3) is 3.99. The van der Waals surface area contributed by atoms with Crippen LogP contribution in [0.4, 0.5) is 5.95 Å². The molecule has 1 aliphatic rings. The lowest BCUT2D eigenvalue weighted by Gasteiger charge is -2.33. The number of nitrogens with zero attached hydrogens (tertiary/aromatic N) is 5. The highest BCUT2D eigenvalue weighted by Crippen LogP contribution is 2.28. The van der Waals surface area contributed by atoms with Crippen molar-refractivity contribution < 1.29 is 0 Å². The standard InChI is InChI=1S/C26H29N5O2/c1-28-23-22(24(32)29(2)26(28)33)31(18-21-11-7-4-8-12-21)25(27-23)30-15-13-20(14-16-30)17-19-9-5-3-6-10-19/h3-12,20H,13-18H2,1-2H3. The van der Waals surface area contributed by atoms with Crippen LogP contribution in [0, 0.1) is 5.92 Å². The van der Waals surface area contributed by atoms with Crippen LogP contribution in [0.5, 0.6) is 0 Å². The molecule has 0 bridgehead atoms. The lowest BCUT2D eigenvalue weighted by molar-refractivity contribution is 0.399. The van der Waals surface area contributed by atoms with E-state index in [4.69, 9.17) is 4.98 Å². The Morgan fingerprint density at radius 2 is 1.45 bits per heavy atom. The van der Waals surface area contributed by atoms with Crippen LogP contribution in [0.2, 0.25) is 0 Å². The van der Waals surface area contributed by atoms with Crippen molar-refractivity contribution in [2.75, 3.05) is 18.0 Å². The molecule has 7 heteroatoms. The maximum Gasteiger partial charge on any atom is 0.332 e. The molecule has 170 valence electrons.